The third kappa shape index (κ3) is 2.17. The molecule has 2 rings (SSSR count). The summed E-state index contributed by atoms with van der Waals surface area (Å²) in [5.41, 5.74) is 0.519. The molecule has 0 unspecified atom stereocenters. The Bertz CT molecular complexity index is 513. The average Bonchev–Trinajstić information content (AvgIpc) is 2.37. The van der Waals surface area contributed by atoms with Gasteiger partial charge >= 0.3 is 0 Å². The molecule has 1 aromatic rings. The molecule has 6 nitrogen and oxygen atoms in total. The van der Waals surface area contributed by atoms with Crippen molar-refractivity contribution in [1.82, 2.24) is 0 Å². The summed E-state index contributed by atoms with van der Waals surface area (Å²) in [6, 6.07) is 4.23. The van der Waals surface area contributed by atoms with Crippen LogP contribution >= 0.6 is 0 Å². The number of anilines is 1. The molecule has 0 bridgehead atoms. The molecule has 0 N–H and O–H groups in total. The average molecular weight is 248 g/mol. The van der Waals surface area contributed by atoms with Crippen molar-refractivity contribution >= 4 is 17.3 Å². The number of nitro benzene ring substituents is 1. The molecule has 6 heteroatoms. The maximum Gasteiger partial charge on any atom is 0.273 e. The summed E-state index contributed by atoms with van der Waals surface area (Å²) in [6.07, 6.45) is 2.37. The number of nitro groups is 1. The van der Waals surface area contributed by atoms with Crippen LogP contribution in [0.25, 0.3) is 0 Å². The van der Waals surface area contributed by atoms with Crippen molar-refractivity contribution in [1.29, 1.82) is 0 Å². The van der Waals surface area contributed by atoms with Crippen molar-refractivity contribution < 1.29 is 14.5 Å². The van der Waals surface area contributed by atoms with Gasteiger partial charge in [0.2, 0.25) is 0 Å². The van der Waals surface area contributed by atoms with Gasteiger partial charge in [-0.2, -0.15) is 0 Å². The Balaban J connectivity index is 2.35. The molecule has 0 aromatic heterocycles. The SMILES string of the molecule is C=CCCN1C(=O)COc2cc([N+](=O)[O-])ccc21. The van der Waals surface area contributed by atoms with E-state index in [-0.39, 0.29) is 18.2 Å². The van der Waals surface area contributed by atoms with Crippen LogP contribution in [0.4, 0.5) is 11.4 Å². The predicted octanol–water partition coefficient (Wildman–Crippen LogP) is 1.90. The summed E-state index contributed by atoms with van der Waals surface area (Å²) in [5.74, 6) is 0.214. The molecule has 0 saturated heterocycles. The first-order chi connectivity index (χ1) is 8.63. The van der Waals surface area contributed by atoms with Crippen LogP contribution in [0.5, 0.6) is 5.75 Å². The lowest BCUT2D eigenvalue weighted by atomic mass is 10.2. The number of benzene rings is 1. The quantitative estimate of drug-likeness (QED) is 0.463. The molecule has 1 aliphatic rings. The van der Waals surface area contributed by atoms with Gasteiger partial charge in [0.1, 0.15) is 0 Å². The van der Waals surface area contributed by atoms with Crippen molar-refractivity contribution in [2.24, 2.45) is 0 Å². The molecule has 1 aliphatic heterocycles. The number of ether oxygens (including phenoxy) is 1. The summed E-state index contributed by atoms with van der Waals surface area (Å²) in [6.45, 7) is 4.01. The molecule has 0 atom stereocenters. The molecule has 1 aromatic carbocycles. The van der Waals surface area contributed by atoms with E-state index in [9.17, 15) is 14.9 Å². The van der Waals surface area contributed by atoms with E-state index in [1.165, 1.54) is 18.2 Å². The van der Waals surface area contributed by atoms with Crippen LogP contribution in [0, 0.1) is 10.1 Å². The Morgan fingerprint density at radius 1 is 1.56 bits per heavy atom. The van der Waals surface area contributed by atoms with Crippen molar-refractivity contribution in [2.45, 2.75) is 6.42 Å². The number of hydrogen-bond acceptors (Lipinski definition) is 4. The third-order valence-electron chi connectivity index (χ3n) is 2.65. The van der Waals surface area contributed by atoms with E-state index in [0.29, 0.717) is 24.4 Å². The molecule has 0 fully saturated rings. The second-order valence-corrected chi connectivity index (χ2v) is 3.82. The van der Waals surface area contributed by atoms with Crippen LogP contribution in [-0.2, 0) is 4.79 Å². The van der Waals surface area contributed by atoms with E-state index >= 15 is 0 Å². The molecule has 1 heterocycles. The number of amides is 1. The molecule has 1 amide bonds. The maximum absolute atomic E-state index is 11.7. The molecule has 0 spiro atoms. The number of carbonyl (C=O) groups is 1. The number of carbonyl (C=O) groups excluding carboxylic acids is 1. The number of rotatable bonds is 4. The molecule has 94 valence electrons. The fraction of sp³-hybridized carbons (Fsp3) is 0.250. The van der Waals surface area contributed by atoms with Crippen molar-refractivity contribution in [3.63, 3.8) is 0 Å². The molecule has 0 radical (unpaired) electrons. The highest BCUT2D eigenvalue weighted by molar-refractivity contribution is 5.98. The van der Waals surface area contributed by atoms with E-state index in [2.05, 4.69) is 6.58 Å². The van der Waals surface area contributed by atoms with Crippen molar-refractivity contribution in [3.05, 3.63) is 41.0 Å². The minimum absolute atomic E-state index is 0.0493. The van der Waals surface area contributed by atoms with Gasteiger partial charge in [0.05, 0.1) is 16.7 Å². The largest absolute Gasteiger partial charge is 0.481 e. The van der Waals surface area contributed by atoms with Gasteiger partial charge in [0.25, 0.3) is 11.6 Å². The maximum atomic E-state index is 11.7. The molecular weight excluding hydrogens is 236 g/mol. The Kier molecular flexibility index (Phi) is 3.27. The number of nitrogens with zero attached hydrogens (tertiary/aromatic N) is 2. The van der Waals surface area contributed by atoms with E-state index in [0.717, 1.165) is 0 Å². The monoisotopic (exact) mass is 248 g/mol. The first-order valence-electron chi connectivity index (χ1n) is 5.46. The van der Waals surface area contributed by atoms with Crippen LogP contribution < -0.4 is 9.64 Å². The van der Waals surface area contributed by atoms with Gasteiger partial charge in [-0.3, -0.25) is 14.9 Å². The normalized spacial score (nSPS) is 13.8. The minimum atomic E-state index is -0.492. The van der Waals surface area contributed by atoms with Crippen LogP contribution in [0.1, 0.15) is 6.42 Å². The molecule has 0 saturated carbocycles. The topological polar surface area (TPSA) is 72.7 Å². The lowest BCUT2D eigenvalue weighted by Gasteiger charge is -2.28. The minimum Gasteiger partial charge on any atom is -0.481 e. The standard InChI is InChI=1S/C12H12N2O4/c1-2-3-6-13-10-5-4-9(14(16)17)7-11(10)18-8-12(13)15/h2,4-5,7H,1,3,6,8H2. The first kappa shape index (κ1) is 12.1. The Morgan fingerprint density at radius 2 is 2.33 bits per heavy atom. The number of non-ortho nitro benzene ring substituents is 1. The van der Waals surface area contributed by atoms with E-state index in [4.69, 9.17) is 4.74 Å². The lowest BCUT2D eigenvalue weighted by Crippen LogP contribution is -2.39. The zero-order valence-corrected chi connectivity index (χ0v) is 9.67. The highest BCUT2D eigenvalue weighted by Gasteiger charge is 2.26. The van der Waals surface area contributed by atoms with Gasteiger partial charge in [-0.25, -0.2) is 0 Å². The fourth-order valence-electron chi connectivity index (χ4n) is 1.77. The van der Waals surface area contributed by atoms with E-state index in [1.807, 2.05) is 0 Å². The zero-order valence-electron chi connectivity index (χ0n) is 9.67. The smallest absolute Gasteiger partial charge is 0.273 e. The highest BCUT2D eigenvalue weighted by atomic mass is 16.6. The molecule has 18 heavy (non-hydrogen) atoms. The third-order valence-corrected chi connectivity index (χ3v) is 2.65. The van der Waals surface area contributed by atoms with Gasteiger partial charge in [-0.05, 0) is 12.5 Å². The lowest BCUT2D eigenvalue weighted by molar-refractivity contribution is -0.384. The van der Waals surface area contributed by atoms with Crippen LogP contribution in [0.15, 0.2) is 30.9 Å². The van der Waals surface area contributed by atoms with E-state index in [1.54, 1.807) is 11.0 Å². The second kappa shape index (κ2) is 4.87. The van der Waals surface area contributed by atoms with Gasteiger partial charge in [0, 0.05) is 12.6 Å². The van der Waals surface area contributed by atoms with Crippen LogP contribution in [-0.4, -0.2) is 24.0 Å². The molecular formula is C12H12N2O4. The summed E-state index contributed by atoms with van der Waals surface area (Å²) in [7, 11) is 0. The van der Waals surface area contributed by atoms with E-state index < -0.39 is 4.92 Å². The van der Waals surface area contributed by atoms with Crippen molar-refractivity contribution in [2.75, 3.05) is 18.1 Å². The Labute approximate surface area is 104 Å². The molecule has 0 aliphatic carbocycles. The van der Waals surface area contributed by atoms with Gasteiger partial charge in [-0.1, -0.05) is 6.08 Å². The Hall–Kier alpha value is -2.37. The predicted molar refractivity (Wildman–Crippen MR) is 65.8 cm³/mol. The van der Waals surface area contributed by atoms with Gasteiger partial charge in [0.15, 0.2) is 12.4 Å². The number of hydrogen-bond donors (Lipinski definition) is 0. The van der Waals surface area contributed by atoms with Crippen LogP contribution in [0.3, 0.4) is 0 Å². The Morgan fingerprint density at radius 3 is 3.00 bits per heavy atom. The van der Waals surface area contributed by atoms with Gasteiger partial charge < -0.3 is 9.64 Å². The summed E-state index contributed by atoms with van der Waals surface area (Å²) >= 11 is 0. The summed E-state index contributed by atoms with van der Waals surface area (Å²) in [4.78, 5) is 23.4. The number of fused-ring (bicyclic) bond motifs is 1. The first-order valence-corrected chi connectivity index (χ1v) is 5.46. The second-order valence-electron chi connectivity index (χ2n) is 3.82. The highest BCUT2D eigenvalue weighted by Crippen LogP contribution is 2.35. The van der Waals surface area contributed by atoms with Crippen LogP contribution in [0.2, 0.25) is 0 Å². The summed E-state index contributed by atoms with van der Waals surface area (Å²) < 4.78 is 5.22. The summed E-state index contributed by atoms with van der Waals surface area (Å²) in [5, 5.41) is 10.7. The zero-order chi connectivity index (χ0) is 13.1. The fourth-order valence-corrected chi connectivity index (χ4v) is 1.77. The van der Waals surface area contributed by atoms with Crippen molar-refractivity contribution in [3.8, 4) is 5.75 Å². The van der Waals surface area contributed by atoms with Gasteiger partial charge in [-0.15, -0.1) is 6.58 Å².